The van der Waals surface area contributed by atoms with E-state index in [9.17, 15) is 9.59 Å². The molecule has 36 heavy (non-hydrogen) atoms. The van der Waals surface area contributed by atoms with Crippen molar-refractivity contribution in [3.8, 4) is 11.4 Å². The van der Waals surface area contributed by atoms with Gasteiger partial charge in [-0.05, 0) is 48.9 Å². The second kappa shape index (κ2) is 8.50. The van der Waals surface area contributed by atoms with Crippen LogP contribution in [0.2, 0.25) is 0 Å². The third kappa shape index (κ3) is 3.55. The first-order valence-corrected chi connectivity index (χ1v) is 11.7. The van der Waals surface area contributed by atoms with Gasteiger partial charge in [0.15, 0.2) is 5.78 Å². The Hall–Kier alpha value is -4.71. The fraction of sp³-hybridized carbons (Fsp3) is 0.100. The highest BCUT2D eigenvalue weighted by Gasteiger charge is 2.25. The highest BCUT2D eigenvalue weighted by atomic mass is 16.7. The van der Waals surface area contributed by atoms with Crippen molar-refractivity contribution in [2.24, 2.45) is 5.16 Å². The van der Waals surface area contributed by atoms with E-state index in [-0.39, 0.29) is 12.4 Å². The number of benzene rings is 4. The smallest absolute Gasteiger partial charge is 0.331 e. The molecule has 0 spiro atoms. The molecular formula is C30H22N2O4. The van der Waals surface area contributed by atoms with Gasteiger partial charge >= 0.3 is 5.97 Å². The molecule has 0 amide bonds. The van der Waals surface area contributed by atoms with Crippen molar-refractivity contribution >= 4 is 39.3 Å². The standard InChI is InChI=1S/C30H22N2O4/c1-18-8-6-7-11-22(18)30(34)20-12-13-27-23(14-20)24-15-25-26(31-36-19(2)33)17-35-29(25)16-28(24)32(27)21-9-4-3-5-10-21/h3-16H,17H2,1-2H3/b31-26+. The number of carbonyl (C=O) groups excluding carboxylic acids is 2. The molecule has 6 rings (SSSR count). The largest absolute Gasteiger partial charge is 0.486 e. The van der Waals surface area contributed by atoms with Crippen LogP contribution in [0.1, 0.15) is 34.0 Å². The Morgan fingerprint density at radius 1 is 0.889 bits per heavy atom. The summed E-state index contributed by atoms with van der Waals surface area (Å²) in [5.74, 6) is 0.166. The molecule has 5 aromatic rings. The summed E-state index contributed by atoms with van der Waals surface area (Å²) in [7, 11) is 0. The second-order valence-electron chi connectivity index (χ2n) is 8.82. The van der Waals surface area contributed by atoms with E-state index < -0.39 is 5.97 Å². The summed E-state index contributed by atoms with van der Waals surface area (Å²) in [6.07, 6.45) is 0. The zero-order valence-electron chi connectivity index (χ0n) is 19.8. The number of hydrogen-bond acceptors (Lipinski definition) is 5. The van der Waals surface area contributed by atoms with Gasteiger partial charge in [-0.15, -0.1) is 0 Å². The Labute approximate surface area is 207 Å². The van der Waals surface area contributed by atoms with Crippen LogP contribution in [0.3, 0.4) is 0 Å². The van der Waals surface area contributed by atoms with E-state index in [0.717, 1.165) is 38.6 Å². The maximum Gasteiger partial charge on any atom is 0.331 e. The van der Waals surface area contributed by atoms with E-state index in [1.165, 1.54) is 6.92 Å². The van der Waals surface area contributed by atoms with Crippen LogP contribution in [0.25, 0.3) is 27.5 Å². The fourth-order valence-electron chi connectivity index (χ4n) is 4.79. The highest BCUT2D eigenvalue weighted by molar-refractivity contribution is 6.18. The Balaban J connectivity index is 1.60. The quantitative estimate of drug-likeness (QED) is 0.182. The number of aromatic nitrogens is 1. The molecule has 0 N–H and O–H groups in total. The van der Waals surface area contributed by atoms with Gasteiger partial charge in [0.1, 0.15) is 18.1 Å². The summed E-state index contributed by atoms with van der Waals surface area (Å²) >= 11 is 0. The third-order valence-electron chi connectivity index (χ3n) is 6.49. The SMILES string of the molecule is CC(=O)O/N=C1\COc2cc3c(cc21)c1cc(C(=O)c2ccccc2C)ccc1n3-c1ccccc1. The Kier molecular flexibility index (Phi) is 5.15. The van der Waals surface area contributed by atoms with Crippen molar-refractivity contribution in [3.63, 3.8) is 0 Å². The molecule has 0 bridgehead atoms. The fourth-order valence-corrected chi connectivity index (χ4v) is 4.79. The third-order valence-corrected chi connectivity index (χ3v) is 6.49. The lowest BCUT2D eigenvalue weighted by molar-refractivity contribution is -0.140. The number of rotatable bonds is 4. The van der Waals surface area contributed by atoms with E-state index >= 15 is 0 Å². The lowest BCUT2D eigenvalue weighted by Crippen LogP contribution is -2.05. The molecule has 2 heterocycles. The van der Waals surface area contributed by atoms with Crippen LogP contribution in [-0.4, -0.2) is 28.6 Å². The molecule has 0 saturated heterocycles. The second-order valence-corrected chi connectivity index (χ2v) is 8.82. The van der Waals surface area contributed by atoms with Crippen LogP contribution in [0.15, 0.2) is 90.1 Å². The van der Waals surface area contributed by atoms with E-state index in [0.29, 0.717) is 22.6 Å². The Morgan fingerprint density at radius 3 is 2.42 bits per heavy atom. The van der Waals surface area contributed by atoms with E-state index in [1.54, 1.807) is 0 Å². The van der Waals surface area contributed by atoms with Gasteiger partial charge < -0.3 is 14.1 Å². The molecule has 4 aromatic carbocycles. The zero-order valence-corrected chi connectivity index (χ0v) is 19.8. The lowest BCUT2D eigenvalue weighted by atomic mass is 9.97. The van der Waals surface area contributed by atoms with Crippen LogP contribution < -0.4 is 4.74 Å². The predicted molar refractivity (Wildman–Crippen MR) is 139 cm³/mol. The number of hydrogen-bond donors (Lipinski definition) is 0. The van der Waals surface area contributed by atoms with E-state index in [1.807, 2.05) is 91.9 Å². The average molecular weight is 475 g/mol. The van der Waals surface area contributed by atoms with Gasteiger partial charge in [-0.2, -0.15) is 0 Å². The lowest BCUT2D eigenvalue weighted by Gasteiger charge is -2.09. The average Bonchev–Trinajstić information content (AvgIpc) is 3.44. The molecule has 176 valence electrons. The number of nitrogens with zero attached hydrogens (tertiary/aromatic N) is 2. The zero-order chi connectivity index (χ0) is 24.8. The van der Waals surface area contributed by atoms with Crippen LogP contribution in [0.4, 0.5) is 0 Å². The molecule has 0 fully saturated rings. The first-order chi connectivity index (χ1) is 17.5. The van der Waals surface area contributed by atoms with Crippen LogP contribution in [0.5, 0.6) is 5.75 Å². The Bertz CT molecular complexity index is 1710. The molecule has 0 saturated carbocycles. The summed E-state index contributed by atoms with van der Waals surface area (Å²) in [5.41, 5.74) is 6.49. The minimum Gasteiger partial charge on any atom is -0.486 e. The van der Waals surface area contributed by atoms with Gasteiger partial charge in [-0.1, -0.05) is 47.6 Å². The maximum absolute atomic E-state index is 13.4. The number of aryl methyl sites for hydroxylation is 1. The van der Waals surface area contributed by atoms with Crippen molar-refractivity contribution in [1.82, 2.24) is 4.57 Å². The minimum absolute atomic E-state index is 0.0165. The number of ketones is 1. The summed E-state index contributed by atoms with van der Waals surface area (Å²) < 4.78 is 8.05. The van der Waals surface area contributed by atoms with Gasteiger partial charge in [-0.3, -0.25) is 4.79 Å². The van der Waals surface area contributed by atoms with Crippen molar-refractivity contribution in [2.75, 3.05) is 6.61 Å². The van der Waals surface area contributed by atoms with E-state index in [2.05, 4.69) is 9.72 Å². The predicted octanol–water partition coefficient (Wildman–Crippen LogP) is 5.98. The van der Waals surface area contributed by atoms with Crippen LogP contribution >= 0.6 is 0 Å². The molecule has 0 unspecified atom stereocenters. The van der Waals surface area contributed by atoms with Crippen molar-refractivity contribution in [3.05, 3.63) is 107 Å². The summed E-state index contributed by atoms with van der Waals surface area (Å²) in [6, 6.07) is 27.5. The topological polar surface area (TPSA) is 69.9 Å². The van der Waals surface area contributed by atoms with E-state index in [4.69, 9.17) is 9.57 Å². The molecule has 6 heteroatoms. The number of fused-ring (bicyclic) bond motifs is 4. The molecule has 0 aliphatic carbocycles. The van der Waals surface area contributed by atoms with Crippen molar-refractivity contribution in [2.45, 2.75) is 13.8 Å². The van der Waals surface area contributed by atoms with Crippen molar-refractivity contribution < 1.29 is 19.2 Å². The van der Waals surface area contributed by atoms with Gasteiger partial charge in [-0.25, -0.2) is 4.79 Å². The summed E-state index contributed by atoms with van der Waals surface area (Å²) in [4.78, 5) is 29.6. The first-order valence-electron chi connectivity index (χ1n) is 11.7. The molecule has 1 aliphatic rings. The van der Waals surface area contributed by atoms with Crippen LogP contribution in [0, 0.1) is 6.92 Å². The molecule has 0 radical (unpaired) electrons. The molecule has 1 aliphatic heterocycles. The van der Waals surface area contributed by atoms with Gasteiger partial charge in [0.2, 0.25) is 0 Å². The normalized spacial score (nSPS) is 13.7. The number of ether oxygens (including phenoxy) is 1. The maximum atomic E-state index is 13.4. The molecule has 0 atom stereocenters. The number of oxime groups is 1. The van der Waals surface area contributed by atoms with Gasteiger partial charge in [0.25, 0.3) is 0 Å². The molecule has 1 aromatic heterocycles. The molecular weight excluding hydrogens is 452 g/mol. The number of para-hydroxylation sites is 1. The highest BCUT2D eigenvalue weighted by Crippen LogP contribution is 2.38. The minimum atomic E-state index is -0.489. The van der Waals surface area contributed by atoms with Crippen LogP contribution in [-0.2, 0) is 9.63 Å². The van der Waals surface area contributed by atoms with Crippen molar-refractivity contribution in [1.29, 1.82) is 0 Å². The number of carbonyl (C=O) groups is 2. The van der Waals surface area contributed by atoms with Gasteiger partial charge in [0.05, 0.1) is 11.0 Å². The summed E-state index contributed by atoms with van der Waals surface area (Å²) in [5, 5.41) is 5.88. The van der Waals surface area contributed by atoms with Gasteiger partial charge in [0, 0.05) is 46.1 Å². The first kappa shape index (κ1) is 21.8. The summed E-state index contributed by atoms with van der Waals surface area (Å²) in [6.45, 7) is 3.47. The monoisotopic (exact) mass is 474 g/mol. The molecule has 6 nitrogen and oxygen atoms in total. The Morgan fingerprint density at radius 2 is 1.64 bits per heavy atom.